The van der Waals surface area contributed by atoms with Crippen LogP contribution in [0.5, 0.6) is 0 Å². The Hall–Kier alpha value is -2.57. The monoisotopic (exact) mass is 448 g/mol. The fraction of sp³-hybridized carbons (Fsp3) is 0.318. The highest BCUT2D eigenvalue weighted by Gasteiger charge is 2.29. The smallest absolute Gasteiger partial charge is 0.309 e. The molecule has 0 atom stereocenters. The highest BCUT2D eigenvalue weighted by atomic mass is 35.5. The number of esters is 1. The van der Waals surface area contributed by atoms with E-state index in [0.29, 0.717) is 48.1 Å². The first kappa shape index (κ1) is 22.1. The van der Waals surface area contributed by atoms with Crippen LogP contribution in [0.15, 0.2) is 48.5 Å². The molecule has 158 valence electrons. The van der Waals surface area contributed by atoms with Crippen LogP contribution in [0.4, 0.5) is 0 Å². The number of likely N-dealkylation sites (tertiary alicyclic amines) is 1. The Bertz CT molecular complexity index is 892. The van der Waals surface area contributed by atoms with Gasteiger partial charge in [0.05, 0.1) is 5.92 Å². The van der Waals surface area contributed by atoms with Gasteiger partial charge in [0.25, 0.3) is 11.8 Å². The number of piperidine rings is 1. The molecule has 1 saturated heterocycles. The van der Waals surface area contributed by atoms with Crippen LogP contribution in [0.2, 0.25) is 10.0 Å². The number of nitrogens with one attached hydrogen (secondary N) is 1. The predicted octanol–water partition coefficient (Wildman–Crippen LogP) is 3.71. The first-order valence-electron chi connectivity index (χ1n) is 9.65. The van der Waals surface area contributed by atoms with Crippen LogP contribution in [-0.2, 0) is 20.9 Å². The van der Waals surface area contributed by atoms with Crippen LogP contribution in [0.25, 0.3) is 0 Å². The average Bonchev–Trinajstić information content (AvgIpc) is 2.77. The molecule has 2 aromatic carbocycles. The molecule has 0 aliphatic carbocycles. The summed E-state index contributed by atoms with van der Waals surface area (Å²) in [6.07, 6.45) is 1.01. The summed E-state index contributed by atoms with van der Waals surface area (Å²) < 4.78 is 5.15. The largest absolute Gasteiger partial charge is 0.455 e. The van der Waals surface area contributed by atoms with E-state index in [9.17, 15) is 14.4 Å². The lowest BCUT2D eigenvalue weighted by atomic mass is 9.96. The molecular weight excluding hydrogens is 427 g/mol. The van der Waals surface area contributed by atoms with Gasteiger partial charge < -0.3 is 15.0 Å². The fourth-order valence-electron chi connectivity index (χ4n) is 3.20. The molecule has 2 amide bonds. The molecule has 0 bridgehead atoms. The van der Waals surface area contributed by atoms with Gasteiger partial charge >= 0.3 is 5.97 Å². The molecule has 6 nitrogen and oxygen atoms in total. The summed E-state index contributed by atoms with van der Waals surface area (Å²) in [5, 5.41) is 3.90. The van der Waals surface area contributed by atoms with E-state index in [2.05, 4.69) is 5.32 Å². The highest BCUT2D eigenvalue weighted by Crippen LogP contribution is 2.21. The minimum atomic E-state index is -0.407. The number of carbonyl (C=O) groups excluding carboxylic acids is 3. The van der Waals surface area contributed by atoms with E-state index in [0.717, 1.165) is 5.56 Å². The molecule has 1 aliphatic heterocycles. The molecule has 1 fully saturated rings. The molecule has 0 radical (unpaired) electrons. The Morgan fingerprint density at radius 3 is 2.10 bits per heavy atom. The molecular formula is C22H22Cl2N2O4. The number of halogens is 2. The zero-order valence-electron chi connectivity index (χ0n) is 16.3. The molecule has 8 heteroatoms. The Balaban J connectivity index is 1.38. The van der Waals surface area contributed by atoms with Crippen molar-refractivity contribution in [2.75, 3.05) is 19.7 Å². The van der Waals surface area contributed by atoms with Crippen molar-refractivity contribution in [2.45, 2.75) is 19.4 Å². The van der Waals surface area contributed by atoms with Crippen molar-refractivity contribution in [3.63, 3.8) is 0 Å². The van der Waals surface area contributed by atoms with E-state index in [-0.39, 0.29) is 24.3 Å². The first-order valence-corrected chi connectivity index (χ1v) is 10.4. The maximum absolute atomic E-state index is 12.5. The third-order valence-electron chi connectivity index (χ3n) is 4.96. The molecule has 1 aliphatic rings. The van der Waals surface area contributed by atoms with Crippen LogP contribution < -0.4 is 5.32 Å². The molecule has 30 heavy (non-hydrogen) atoms. The molecule has 2 aromatic rings. The van der Waals surface area contributed by atoms with Gasteiger partial charge in [-0.2, -0.15) is 0 Å². The lowest BCUT2D eigenvalue weighted by Gasteiger charge is -2.31. The van der Waals surface area contributed by atoms with Gasteiger partial charge in [0.1, 0.15) is 0 Å². The van der Waals surface area contributed by atoms with Crippen molar-refractivity contribution in [2.24, 2.45) is 5.92 Å². The number of hydrogen-bond donors (Lipinski definition) is 1. The van der Waals surface area contributed by atoms with Crippen LogP contribution in [-0.4, -0.2) is 42.4 Å². The number of nitrogens with zero attached hydrogens (tertiary/aromatic N) is 1. The van der Waals surface area contributed by atoms with Gasteiger partial charge in [-0.25, -0.2) is 0 Å². The van der Waals surface area contributed by atoms with E-state index in [4.69, 9.17) is 27.9 Å². The third kappa shape index (κ3) is 6.21. The summed E-state index contributed by atoms with van der Waals surface area (Å²) in [4.78, 5) is 38.4. The minimum absolute atomic E-state index is 0.0833. The van der Waals surface area contributed by atoms with E-state index in [1.807, 2.05) is 12.1 Å². The molecule has 0 saturated carbocycles. The molecule has 3 rings (SSSR count). The number of hydrogen-bond acceptors (Lipinski definition) is 4. The second kappa shape index (κ2) is 10.5. The number of carbonyl (C=O) groups is 3. The van der Waals surface area contributed by atoms with Gasteiger partial charge in [-0.05, 0) is 54.8 Å². The van der Waals surface area contributed by atoms with Crippen molar-refractivity contribution in [3.05, 3.63) is 69.7 Å². The highest BCUT2D eigenvalue weighted by molar-refractivity contribution is 6.30. The van der Waals surface area contributed by atoms with E-state index >= 15 is 0 Å². The van der Waals surface area contributed by atoms with Crippen LogP contribution in [0, 0.1) is 5.92 Å². The molecule has 0 unspecified atom stereocenters. The van der Waals surface area contributed by atoms with Crippen LogP contribution in [0.1, 0.15) is 28.8 Å². The van der Waals surface area contributed by atoms with Crippen molar-refractivity contribution in [3.8, 4) is 0 Å². The number of amides is 2. The van der Waals surface area contributed by atoms with E-state index in [1.54, 1.807) is 41.3 Å². The maximum atomic E-state index is 12.5. The Kier molecular flexibility index (Phi) is 7.71. The topological polar surface area (TPSA) is 75.7 Å². The zero-order valence-corrected chi connectivity index (χ0v) is 17.8. The lowest BCUT2D eigenvalue weighted by molar-refractivity contribution is -0.153. The van der Waals surface area contributed by atoms with Gasteiger partial charge in [-0.3, -0.25) is 14.4 Å². The lowest BCUT2D eigenvalue weighted by Crippen LogP contribution is -2.41. The number of benzene rings is 2. The average molecular weight is 449 g/mol. The summed E-state index contributed by atoms with van der Waals surface area (Å²) in [6, 6.07) is 13.8. The molecule has 0 aromatic heterocycles. The van der Waals surface area contributed by atoms with Gasteiger partial charge in [-0.1, -0.05) is 35.3 Å². The minimum Gasteiger partial charge on any atom is -0.455 e. The Labute approximate surface area is 185 Å². The van der Waals surface area contributed by atoms with Crippen LogP contribution in [0.3, 0.4) is 0 Å². The van der Waals surface area contributed by atoms with Gasteiger partial charge in [0.2, 0.25) is 0 Å². The second-order valence-corrected chi connectivity index (χ2v) is 7.96. The van der Waals surface area contributed by atoms with Gasteiger partial charge in [0, 0.05) is 35.2 Å². The van der Waals surface area contributed by atoms with Crippen LogP contribution >= 0.6 is 23.2 Å². The summed E-state index contributed by atoms with van der Waals surface area (Å²) in [7, 11) is 0. The summed E-state index contributed by atoms with van der Waals surface area (Å²) in [5.41, 5.74) is 1.47. The van der Waals surface area contributed by atoms with Crippen molar-refractivity contribution in [1.29, 1.82) is 0 Å². The van der Waals surface area contributed by atoms with Crippen molar-refractivity contribution < 1.29 is 19.1 Å². The summed E-state index contributed by atoms with van der Waals surface area (Å²) in [6.45, 7) is 0.934. The molecule has 1 heterocycles. The molecule has 0 spiro atoms. The normalized spacial score (nSPS) is 14.3. The maximum Gasteiger partial charge on any atom is 0.309 e. The van der Waals surface area contributed by atoms with E-state index < -0.39 is 5.97 Å². The standard InChI is InChI=1S/C22H22Cl2N2O4/c23-18-5-1-15(2-6-18)13-25-20(27)14-30-22(29)17-9-11-26(12-10-17)21(28)16-3-7-19(24)8-4-16/h1-8,17H,9-14H2,(H,25,27). The number of rotatable bonds is 6. The van der Waals surface area contributed by atoms with Gasteiger partial charge in [-0.15, -0.1) is 0 Å². The number of ether oxygens (including phenoxy) is 1. The van der Waals surface area contributed by atoms with Crippen molar-refractivity contribution in [1.82, 2.24) is 10.2 Å². The van der Waals surface area contributed by atoms with Crippen molar-refractivity contribution >= 4 is 41.0 Å². The van der Waals surface area contributed by atoms with Gasteiger partial charge in [0.15, 0.2) is 6.61 Å². The Morgan fingerprint density at radius 2 is 1.50 bits per heavy atom. The SMILES string of the molecule is O=C(COC(=O)C1CCN(C(=O)c2ccc(Cl)cc2)CC1)NCc1ccc(Cl)cc1. The second-order valence-electron chi connectivity index (χ2n) is 7.08. The Morgan fingerprint density at radius 1 is 0.933 bits per heavy atom. The predicted molar refractivity (Wildman–Crippen MR) is 114 cm³/mol. The zero-order chi connectivity index (χ0) is 21.5. The summed E-state index contributed by atoms with van der Waals surface area (Å²) >= 11 is 11.7. The quantitative estimate of drug-likeness (QED) is 0.683. The third-order valence-corrected chi connectivity index (χ3v) is 5.46. The summed E-state index contributed by atoms with van der Waals surface area (Å²) in [5.74, 6) is -1.17. The molecule has 1 N–H and O–H groups in total. The fourth-order valence-corrected chi connectivity index (χ4v) is 3.45. The van der Waals surface area contributed by atoms with E-state index in [1.165, 1.54) is 0 Å². The first-order chi connectivity index (χ1) is 14.4.